The predicted molar refractivity (Wildman–Crippen MR) is 65.6 cm³/mol. The maximum atomic E-state index is 3.33. The zero-order valence-electron chi connectivity index (χ0n) is 10.6. The zero-order valence-corrected chi connectivity index (χ0v) is 10.6. The van der Waals surface area contributed by atoms with E-state index in [1.165, 1.54) is 45.1 Å². The van der Waals surface area contributed by atoms with Gasteiger partial charge in [0.15, 0.2) is 0 Å². The molecule has 0 aromatic heterocycles. The molecule has 14 heavy (non-hydrogen) atoms. The van der Waals surface area contributed by atoms with Gasteiger partial charge in [0.05, 0.1) is 0 Å². The van der Waals surface area contributed by atoms with Crippen LogP contribution >= 0.6 is 0 Å². The number of unbranched alkanes of at least 4 members (excludes halogenated alkanes) is 2. The molecule has 0 radical (unpaired) electrons. The van der Waals surface area contributed by atoms with Crippen LogP contribution in [0, 0.1) is 11.8 Å². The van der Waals surface area contributed by atoms with E-state index in [9.17, 15) is 0 Å². The molecule has 1 unspecified atom stereocenters. The maximum absolute atomic E-state index is 3.33. The van der Waals surface area contributed by atoms with Crippen molar-refractivity contribution < 1.29 is 0 Å². The Kier molecular flexibility index (Phi) is 9.49. The summed E-state index contributed by atoms with van der Waals surface area (Å²) in [5.74, 6) is 1.79. The van der Waals surface area contributed by atoms with Crippen molar-refractivity contribution in [2.24, 2.45) is 11.8 Å². The molecule has 86 valence electrons. The largest absolute Gasteiger partial charge is 0.319 e. The van der Waals surface area contributed by atoms with Crippen molar-refractivity contribution in [1.29, 1.82) is 0 Å². The van der Waals surface area contributed by atoms with E-state index in [0.29, 0.717) is 0 Å². The molecule has 0 saturated heterocycles. The summed E-state index contributed by atoms with van der Waals surface area (Å²) in [4.78, 5) is 0. The lowest BCUT2D eigenvalue weighted by Gasteiger charge is -2.23. The fourth-order valence-electron chi connectivity index (χ4n) is 2.08. The minimum absolute atomic E-state index is 0.895. The second-order valence-corrected chi connectivity index (χ2v) is 4.58. The Morgan fingerprint density at radius 1 is 1.00 bits per heavy atom. The first kappa shape index (κ1) is 14.0. The second-order valence-electron chi connectivity index (χ2n) is 4.58. The highest BCUT2D eigenvalue weighted by Crippen LogP contribution is 2.22. The van der Waals surface area contributed by atoms with Crippen LogP contribution in [-0.2, 0) is 0 Å². The molecular formula is C13H29N. The Labute approximate surface area is 90.7 Å². The molecule has 0 aromatic carbocycles. The molecule has 0 bridgehead atoms. The molecule has 0 aliphatic rings. The third kappa shape index (κ3) is 6.42. The Morgan fingerprint density at radius 3 is 2.07 bits per heavy atom. The smallest absolute Gasteiger partial charge is 0.00210 e. The van der Waals surface area contributed by atoms with Crippen molar-refractivity contribution in [2.75, 3.05) is 13.6 Å². The molecule has 0 aliphatic heterocycles. The molecule has 1 nitrogen and oxygen atoms in total. The fourth-order valence-corrected chi connectivity index (χ4v) is 2.08. The standard InChI is InChI=1S/C13H29N/c1-5-7-9-12(3)13(11-14-4)10-8-6-2/h12-14H,5-11H2,1-4H3/t12?,13-/m0/s1. The van der Waals surface area contributed by atoms with Crippen LogP contribution < -0.4 is 5.32 Å². The Bertz CT molecular complexity index is 112. The summed E-state index contributed by atoms with van der Waals surface area (Å²) < 4.78 is 0. The average molecular weight is 199 g/mol. The van der Waals surface area contributed by atoms with Gasteiger partial charge in [-0.1, -0.05) is 52.9 Å². The lowest BCUT2D eigenvalue weighted by atomic mass is 9.86. The summed E-state index contributed by atoms with van der Waals surface area (Å²) in [7, 11) is 2.07. The third-order valence-corrected chi connectivity index (χ3v) is 3.21. The van der Waals surface area contributed by atoms with E-state index in [1.54, 1.807) is 0 Å². The molecule has 1 N–H and O–H groups in total. The van der Waals surface area contributed by atoms with Crippen molar-refractivity contribution in [3.63, 3.8) is 0 Å². The van der Waals surface area contributed by atoms with E-state index in [0.717, 1.165) is 11.8 Å². The fraction of sp³-hybridized carbons (Fsp3) is 1.00. The minimum Gasteiger partial charge on any atom is -0.319 e. The molecule has 0 aliphatic carbocycles. The number of rotatable bonds is 9. The third-order valence-electron chi connectivity index (χ3n) is 3.21. The predicted octanol–water partition coefficient (Wildman–Crippen LogP) is 3.84. The number of nitrogens with one attached hydrogen (secondary N) is 1. The Balaban J connectivity index is 3.77. The first-order chi connectivity index (χ1) is 6.76. The van der Waals surface area contributed by atoms with Gasteiger partial charge < -0.3 is 5.32 Å². The van der Waals surface area contributed by atoms with Gasteiger partial charge in [0, 0.05) is 0 Å². The number of hydrogen-bond acceptors (Lipinski definition) is 1. The molecule has 0 amide bonds. The summed E-state index contributed by atoms with van der Waals surface area (Å²) in [6.07, 6.45) is 8.27. The highest BCUT2D eigenvalue weighted by Gasteiger charge is 2.15. The van der Waals surface area contributed by atoms with Crippen molar-refractivity contribution >= 4 is 0 Å². The van der Waals surface area contributed by atoms with Gasteiger partial charge in [-0.05, 0) is 31.8 Å². The maximum Gasteiger partial charge on any atom is -0.00210 e. The van der Waals surface area contributed by atoms with E-state index in [2.05, 4.69) is 33.1 Å². The van der Waals surface area contributed by atoms with E-state index in [-0.39, 0.29) is 0 Å². The van der Waals surface area contributed by atoms with Gasteiger partial charge in [-0.15, -0.1) is 0 Å². The van der Waals surface area contributed by atoms with Gasteiger partial charge in [0.2, 0.25) is 0 Å². The molecule has 0 heterocycles. The van der Waals surface area contributed by atoms with Crippen LogP contribution in [0.3, 0.4) is 0 Å². The van der Waals surface area contributed by atoms with Crippen LogP contribution in [0.1, 0.15) is 59.3 Å². The van der Waals surface area contributed by atoms with Gasteiger partial charge in [0.25, 0.3) is 0 Å². The minimum atomic E-state index is 0.895. The van der Waals surface area contributed by atoms with Crippen LogP contribution in [0.15, 0.2) is 0 Å². The van der Waals surface area contributed by atoms with E-state index < -0.39 is 0 Å². The molecule has 0 fully saturated rings. The monoisotopic (exact) mass is 199 g/mol. The molecule has 1 heteroatoms. The summed E-state index contributed by atoms with van der Waals surface area (Å²) in [6.45, 7) is 8.19. The molecular weight excluding hydrogens is 170 g/mol. The second kappa shape index (κ2) is 9.51. The quantitative estimate of drug-likeness (QED) is 0.595. The SMILES string of the molecule is CCCCC(C)[C@@H](CCCC)CNC. The van der Waals surface area contributed by atoms with Crippen LogP contribution in [0.2, 0.25) is 0 Å². The van der Waals surface area contributed by atoms with Gasteiger partial charge in [-0.2, -0.15) is 0 Å². The van der Waals surface area contributed by atoms with Crippen molar-refractivity contribution in [1.82, 2.24) is 5.32 Å². The van der Waals surface area contributed by atoms with Gasteiger partial charge >= 0.3 is 0 Å². The first-order valence-electron chi connectivity index (χ1n) is 6.40. The molecule has 0 spiro atoms. The van der Waals surface area contributed by atoms with Gasteiger partial charge in [-0.3, -0.25) is 0 Å². The normalized spacial score (nSPS) is 15.4. The molecule has 0 rings (SSSR count). The van der Waals surface area contributed by atoms with Crippen LogP contribution in [0.5, 0.6) is 0 Å². The van der Waals surface area contributed by atoms with Crippen molar-refractivity contribution in [2.45, 2.75) is 59.3 Å². The highest BCUT2D eigenvalue weighted by atomic mass is 14.8. The topological polar surface area (TPSA) is 12.0 Å². The lowest BCUT2D eigenvalue weighted by molar-refractivity contribution is 0.298. The number of hydrogen-bond donors (Lipinski definition) is 1. The zero-order chi connectivity index (χ0) is 10.8. The first-order valence-corrected chi connectivity index (χ1v) is 6.40. The van der Waals surface area contributed by atoms with Gasteiger partial charge in [0.1, 0.15) is 0 Å². The molecule has 0 saturated carbocycles. The average Bonchev–Trinajstić information content (AvgIpc) is 2.20. The van der Waals surface area contributed by atoms with E-state index in [1.807, 2.05) is 0 Å². The van der Waals surface area contributed by atoms with Crippen molar-refractivity contribution in [3.05, 3.63) is 0 Å². The molecule has 2 atom stereocenters. The van der Waals surface area contributed by atoms with Gasteiger partial charge in [-0.25, -0.2) is 0 Å². The van der Waals surface area contributed by atoms with Crippen LogP contribution in [-0.4, -0.2) is 13.6 Å². The van der Waals surface area contributed by atoms with Crippen LogP contribution in [0.4, 0.5) is 0 Å². The van der Waals surface area contributed by atoms with Crippen LogP contribution in [0.25, 0.3) is 0 Å². The van der Waals surface area contributed by atoms with E-state index >= 15 is 0 Å². The Morgan fingerprint density at radius 2 is 1.57 bits per heavy atom. The van der Waals surface area contributed by atoms with Crippen molar-refractivity contribution in [3.8, 4) is 0 Å². The summed E-state index contributed by atoms with van der Waals surface area (Å²) in [5, 5.41) is 3.33. The summed E-state index contributed by atoms with van der Waals surface area (Å²) >= 11 is 0. The lowest BCUT2D eigenvalue weighted by Crippen LogP contribution is -2.24. The molecule has 0 aromatic rings. The highest BCUT2D eigenvalue weighted by molar-refractivity contribution is 4.68. The van der Waals surface area contributed by atoms with E-state index in [4.69, 9.17) is 0 Å². The Hall–Kier alpha value is -0.0400. The summed E-state index contributed by atoms with van der Waals surface area (Å²) in [6, 6.07) is 0. The summed E-state index contributed by atoms with van der Waals surface area (Å²) in [5.41, 5.74) is 0.